The Morgan fingerprint density at radius 1 is 1.27 bits per heavy atom. The van der Waals surface area contributed by atoms with Crippen LogP contribution in [-0.2, 0) is 26.0 Å². The van der Waals surface area contributed by atoms with Gasteiger partial charge in [0.2, 0.25) is 10.0 Å². The van der Waals surface area contributed by atoms with Crippen molar-refractivity contribution >= 4 is 27.6 Å². The van der Waals surface area contributed by atoms with Crippen LogP contribution >= 0.6 is 11.6 Å². The molecule has 30 heavy (non-hydrogen) atoms. The second-order valence-corrected chi connectivity index (χ2v) is 9.16. The van der Waals surface area contributed by atoms with Gasteiger partial charge in [-0.1, -0.05) is 30.7 Å². The van der Waals surface area contributed by atoms with Crippen molar-refractivity contribution in [3.8, 4) is 0 Å². The first-order valence-corrected chi connectivity index (χ1v) is 11.1. The molecule has 0 aliphatic rings. The van der Waals surface area contributed by atoms with Crippen LogP contribution in [0.15, 0.2) is 35.2 Å². The molecule has 0 saturated heterocycles. The number of methoxy groups -OCH3 is 1. The molecule has 0 fully saturated rings. The number of nitrogens with one attached hydrogen (secondary N) is 1. The van der Waals surface area contributed by atoms with E-state index < -0.39 is 33.8 Å². The van der Waals surface area contributed by atoms with Crippen molar-refractivity contribution in [2.45, 2.75) is 44.0 Å². The van der Waals surface area contributed by atoms with Crippen LogP contribution in [0.5, 0.6) is 0 Å². The number of aryl methyl sites for hydroxylation is 1. The van der Waals surface area contributed by atoms with E-state index in [1.807, 2.05) is 0 Å². The van der Waals surface area contributed by atoms with Gasteiger partial charge in [-0.3, -0.25) is 4.79 Å². The average molecular weight is 458 g/mol. The van der Waals surface area contributed by atoms with E-state index in [1.54, 1.807) is 26.8 Å². The van der Waals surface area contributed by atoms with Crippen LogP contribution in [0.1, 0.15) is 35.1 Å². The third-order valence-electron chi connectivity index (χ3n) is 5.12. The maximum absolute atomic E-state index is 14.6. The molecule has 0 amide bonds. The summed E-state index contributed by atoms with van der Waals surface area (Å²) in [6, 6.07) is 5.77. The average Bonchev–Trinajstić information content (AvgIpc) is 2.70. The Morgan fingerprint density at radius 2 is 1.93 bits per heavy atom. The summed E-state index contributed by atoms with van der Waals surface area (Å²) in [7, 11) is -3.12. The zero-order valence-electron chi connectivity index (χ0n) is 17.2. The van der Waals surface area contributed by atoms with Gasteiger partial charge in [0.25, 0.3) is 0 Å². The van der Waals surface area contributed by atoms with Crippen molar-refractivity contribution in [1.82, 2.24) is 4.72 Å². The smallest absolute Gasteiger partial charge is 0.324 e. The van der Waals surface area contributed by atoms with Crippen molar-refractivity contribution in [3.05, 3.63) is 63.4 Å². The predicted octanol–water partition coefficient (Wildman–Crippen LogP) is 3.25. The van der Waals surface area contributed by atoms with Crippen molar-refractivity contribution in [3.63, 3.8) is 0 Å². The van der Waals surface area contributed by atoms with E-state index in [4.69, 9.17) is 16.3 Å². The van der Waals surface area contributed by atoms with Crippen LogP contribution in [-0.4, -0.2) is 39.3 Å². The summed E-state index contributed by atoms with van der Waals surface area (Å²) in [5.74, 6) is -2.24. The quantitative estimate of drug-likeness (QED) is 0.593. The number of rotatable bonds is 8. The Morgan fingerprint density at radius 3 is 2.53 bits per heavy atom. The number of carbonyl (C=O) groups is 1. The lowest BCUT2D eigenvalue weighted by Gasteiger charge is -2.26. The summed E-state index contributed by atoms with van der Waals surface area (Å²) in [5, 5.41) is 9.43. The van der Waals surface area contributed by atoms with E-state index in [0.29, 0.717) is 11.1 Å². The third kappa shape index (κ3) is 5.18. The SMILES string of the molecule is COC(=O)[C@@H](NS(=O)(=O)c1cc(Cl)ccc1CCO)C(C)c1c(F)ccc(C)c1C. The normalized spacial score (nSPS) is 13.7. The molecule has 0 spiro atoms. The van der Waals surface area contributed by atoms with Crippen LogP contribution < -0.4 is 4.72 Å². The molecule has 0 aliphatic carbocycles. The molecule has 0 aliphatic heterocycles. The minimum absolute atomic E-state index is 0.0808. The van der Waals surface area contributed by atoms with Gasteiger partial charge < -0.3 is 9.84 Å². The molecule has 2 rings (SSSR count). The van der Waals surface area contributed by atoms with Crippen LogP contribution in [0, 0.1) is 19.7 Å². The number of sulfonamides is 1. The predicted molar refractivity (Wildman–Crippen MR) is 113 cm³/mol. The second kappa shape index (κ2) is 9.87. The van der Waals surface area contributed by atoms with Gasteiger partial charge in [-0.25, -0.2) is 12.8 Å². The van der Waals surface area contributed by atoms with E-state index in [2.05, 4.69) is 4.72 Å². The monoisotopic (exact) mass is 457 g/mol. The molecular weight excluding hydrogens is 433 g/mol. The van der Waals surface area contributed by atoms with Gasteiger partial charge >= 0.3 is 5.97 Å². The minimum atomic E-state index is -4.25. The number of ether oxygens (including phenoxy) is 1. The van der Waals surface area contributed by atoms with Gasteiger partial charge in [-0.2, -0.15) is 4.72 Å². The van der Waals surface area contributed by atoms with E-state index in [-0.39, 0.29) is 28.5 Å². The highest BCUT2D eigenvalue weighted by atomic mass is 35.5. The Labute approximate surface area is 181 Å². The highest BCUT2D eigenvalue weighted by Gasteiger charge is 2.35. The summed E-state index contributed by atoms with van der Waals surface area (Å²) >= 11 is 5.97. The molecule has 2 aromatic carbocycles. The first-order chi connectivity index (χ1) is 14.0. The zero-order valence-corrected chi connectivity index (χ0v) is 18.8. The highest BCUT2D eigenvalue weighted by Crippen LogP contribution is 2.30. The minimum Gasteiger partial charge on any atom is -0.468 e. The fourth-order valence-electron chi connectivity index (χ4n) is 3.35. The Balaban J connectivity index is 2.54. The standard InChI is InChI=1S/C21H25ClFNO5S/c1-12-5-8-17(23)19(13(12)2)14(3)20(21(26)29-4)24-30(27,28)18-11-16(22)7-6-15(18)9-10-25/h5-8,11,14,20,24-25H,9-10H2,1-4H3/t14?,20-/m0/s1. The van der Waals surface area contributed by atoms with Crippen molar-refractivity contribution in [2.24, 2.45) is 0 Å². The maximum atomic E-state index is 14.6. The van der Waals surface area contributed by atoms with Gasteiger partial charge in [0.05, 0.1) is 12.0 Å². The molecule has 0 aromatic heterocycles. The molecule has 164 valence electrons. The van der Waals surface area contributed by atoms with Gasteiger partial charge in [0.1, 0.15) is 11.9 Å². The fraction of sp³-hybridized carbons (Fsp3) is 0.381. The molecule has 2 atom stereocenters. The van der Waals surface area contributed by atoms with Crippen LogP contribution in [0.2, 0.25) is 5.02 Å². The number of hydrogen-bond acceptors (Lipinski definition) is 5. The molecular formula is C21H25ClFNO5S. The third-order valence-corrected chi connectivity index (χ3v) is 6.88. The molecule has 0 heterocycles. The van der Waals surface area contributed by atoms with E-state index in [1.165, 1.54) is 24.3 Å². The number of hydrogen-bond donors (Lipinski definition) is 2. The fourth-order valence-corrected chi connectivity index (χ4v) is 5.14. The summed E-state index contributed by atoms with van der Waals surface area (Å²) in [4.78, 5) is 12.3. The number of halogens is 2. The molecule has 0 bridgehead atoms. The highest BCUT2D eigenvalue weighted by molar-refractivity contribution is 7.89. The molecule has 0 radical (unpaired) electrons. The molecule has 0 saturated carbocycles. The lowest BCUT2D eigenvalue weighted by atomic mass is 9.88. The van der Waals surface area contributed by atoms with E-state index >= 15 is 0 Å². The first-order valence-electron chi connectivity index (χ1n) is 9.28. The Kier molecular flexibility index (Phi) is 7.99. The second-order valence-electron chi connectivity index (χ2n) is 7.04. The molecule has 1 unspecified atom stereocenters. The molecule has 2 aromatic rings. The lowest BCUT2D eigenvalue weighted by molar-refractivity contribution is -0.143. The summed E-state index contributed by atoms with van der Waals surface area (Å²) in [6.45, 7) is 4.80. The van der Waals surface area contributed by atoms with Crippen molar-refractivity contribution in [1.29, 1.82) is 0 Å². The topological polar surface area (TPSA) is 92.7 Å². The van der Waals surface area contributed by atoms with Gasteiger partial charge in [0, 0.05) is 17.5 Å². The number of carbonyl (C=O) groups excluding carboxylic acids is 1. The zero-order chi connectivity index (χ0) is 22.6. The van der Waals surface area contributed by atoms with Crippen LogP contribution in [0.25, 0.3) is 0 Å². The first kappa shape index (κ1) is 24.3. The summed E-state index contributed by atoms with van der Waals surface area (Å²) in [5.41, 5.74) is 2.00. The van der Waals surface area contributed by atoms with Crippen molar-refractivity contribution in [2.75, 3.05) is 13.7 Å². The van der Waals surface area contributed by atoms with E-state index in [0.717, 1.165) is 12.7 Å². The van der Waals surface area contributed by atoms with Gasteiger partial charge in [0.15, 0.2) is 0 Å². The van der Waals surface area contributed by atoms with Crippen LogP contribution in [0.3, 0.4) is 0 Å². The van der Waals surface area contributed by atoms with Gasteiger partial charge in [-0.15, -0.1) is 0 Å². The summed E-state index contributed by atoms with van der Waals surface area (Å²) in [6.07, 6.45) is 0.0808. The number of aliphatic hydroxyl groups excluding tert-OH is 1. The number of benzene rings is 2. The number of esters is 1. The largest absolute Gasteiger partial charge is 0.468 e. The molecule has 6 nitrogen and oxygen atoms in total. The van der Waals surface area contributed by atoms with E-state index in [9.17, 15) is 22.7 Å². The lowest BCUT2D eigenvalue weighted by Crippen LogP contribution is -2.45. The Bertz CT molecular complexity index is 1040. The van der Waals surface area contributed by atoms with Crippen molar-refractivity contribution < 1.29 is 27.4 Å². The maximum Gasteiger partial charge on any atom is 0.324 e. The summed E-state index contributed by atoms with van der Waals surface area (Å²) < 4.78 is 48.0. The molecule has 9 heteroatoms. The Hall–Kier alpha value is -2.00. The van der Waals surface area contributed by atoms with Gasteiger partial charge in [-0.05, 0) is 60.7 Å². The van der Waals surface area contributed by atoms with Crippen LogP contribution in [0.4, 0.5) is 4.39 Å². The molecule has 2 N–H and O–H groups in total. The number of aliphatic hydroxyl groups is 1.